The van der Waals surface area contributed by atoms with Gasteiger partial charge in [0.15, 0.2) is 0 Å². The first-order valence-corrected chi connectivity index (χ1v) is 11.1. The molecule has 1 saturated carbocycles. The molecule has 2 aliphatic rings. The molecule has 1 aliphatic carbocycles. The molecular weight excluding hydrogens is 348 g/mol. The Kier molecular flexibility index (Phi) is 5.95. The minimum atomic E-state index is 0.401. The molecule has 1 aromatic heterocycles. The molecule has 2 fully saturated rings. The lowest BCUT2D eigenvalue weighted by Gasteiger charge is -2.38. The molecule has 0 amide bonds. The zero-order chi connectivity index (χ0) is 19.5. The van der Waals surface area contributed by atoms with Gasteiger partial charge in [0.25, 0.3) is 0 Å². The maximum absolute atomic E-state index is 4.51. The summed E-state index contributed by atoms with van der Waals surface area (Å²) in [6.45, 7) is 11.2. The summed E-state index contributed by atoms with van der Waals surface area (Å²) in [5, 5.41) is 13.0. The topological polar surface area (TPSA) is 51.3 Å². The van der Waals surface area contributed by atoms with Crippen LogP contribution in [0.5, 0.6) is 0 Å². The third kappa shape index (κ3) is 3.93. The van der Waals surface area contributed by atoms with Crippen LogP contribution in [0.15, 0.2) is 18.2 Å². The second-order valence-electron chi connectivity index (χ2n) is 8.67. The normalized spacial score (nSPS) is 20.5. The number of quaternary nitrogens is 1. The highest BCUT2D eigenvalue weighted by Gasteiger charge is 2.33. The van der Waals surface area contributed by atoms with Crippen LogP contribution in [0.2, 0.25) is 0 Å². The third-order valence-electron chi connectivity index (χ3n) is 6.76. The number of hydrogen-bond donors (Lipinski definition) is 1. The molecule has 2 heterocycles. The Balaban J connectivity index is 1.46. The van der Waals surface area contributed by atoms with Gasteiger partial charge in [-0.3, -0.25) is 0 Å². The van der Waals surface area contributed by atoms with Crippen LogP contribution in [0.3, 0.4) is 0 Å². The summed E-state index contributed by atoms with van der Waals surface area (Å²) in [6.07, 6.45) is 7.52. The van der Waals surface area contributed by atoms with Crippen LogP contribution < -0.4 is 9.80 Å². The Hall–Kier alpha value is -1.95. The quantitative estimate of drug-likeness (QED) is 0.862. The van der Waals surface area contributed by atoms with Gasteiger partial charge in [-0.2, -0.15) is 0 Å². The molecule has 0 radical (unpaired) electrons. The molecule has 1 N–H and O–H groups in total. The molecule has 6 heteroatoms. The standard InChI is InChI=1S/C22H34N6/c1-4-20(22-23-24-25-28(22)19-8-6-5-7-9-19)26-12-14-27(15-13-26)21-16-17(2)10-11-18(21)3/h10-11,16,19-20H,4-9,12-15H2,1-3H3/p+1/t20-/m1/s1. The minimum Gasteiger partial charge on any atom is -0.360 e. The van der Waals surface area contributed by atoms with Crippen molar-refractivity contribution in [3.8, 4) is 0 Å². The first-order valence-electron chi connectivity index (χ1n) is 11.1. The van der Waals surface area contributed by atoms with E-state index >= 15 is 0 Å². The van der Waals surface area contributed by atoms with Crippen LogP contribution in [0.25, 0.3) is 0 Å². The Labute approximate surface area is 168 Å². The van der Waals surface area contributed by atoms with Crippen LogP contribution in [0, 0.1) is 13.8 Å². The average Bonchev–Trinajstić information content (AvgIpc) is 3.21. The number of rotatable bonds is 5. The second-order valence-corrected chi connectivity index (χ2v) is 8.67. The summed E-state index contributed by atoms with van der Waals surface area (Å²) in [5.41, 5.74) is 4.12. The largest absolute Gasteiger partial charge is 0.360 e. The molecule has 1 aromatic carbocycles. The number of hydrogen-bond acceptors (Lipinski definition) is 4. The van der Waals surface area contributed by atoms with Crippen LogP contribution in [-0.2, 0) is 0 Å². The van der Waals surface area contributed by atoms with E-state index in [0.717, 1.165) is 38.4 Å². The van der Waals surface area contributed by atoms with E-state index < -0.39 is 0 Å². The number of nitrogens with one attached hydrogen (secondary N) is 1. The van der Waals surface area contributed by atoms with E-state index in [1.807, 2.05) is 0 Å². The van der Waals surface area contributed by atoms with E-state index in [0.29, 0.717) is 12.1 Å². The number of tetrazole rings is 1. The first-order chi connectivity index (χ1) is 13.7. The average molecular weight is 384 g/mol. The maximum Gasteiger partial charge on any atom is 0.209 e. The smallest absolute Gasteiger partial charge is 0.209 e. The van der Waals surface area contributed by atoms with Gasteiger partial charge >= 0.3 is 0 Å². The molecule has 1 saturated heterocycles. The zero-order valence-corrected chi connectivity index (χ0v) is 17.7. The fraction of sp³-hybridized carbons (Fsp3) is 0.682. The van der Waals surface area contributed by atoms with Gasteiger partial charge in [-0.05, 0) is 54.3 Å². The summed E-state index contributed by atoms with van der Waals surface area (Å²) in [5.74, 6) is 1.12. The highest BCUT2D eigenvalue weighted by molar-refractivity contribution is 5.55. The van der Waals surface area contributed by atoms with Crippen molar-refractivity contribution in [3.63, 3.8) is 0 Å². The summed E-state index contributed by atoms with van der Waals surface area (Å²) >= 11 is 0. The van der Waals surface area contributed by atoms with Gasteiger partial charge in [0.1, 0.15) is 6.04 Å². The van der Waals surface area contributed by atoms with E-state index in [-0.39, 0.29) is 0 Å². The summed E-state index contributed by atoms with van der Waals surface area (Å²) in [4.78, 5) is 4.19. The van der Waals surface area contributed by atoms with E-state index in [2.05, 4.69) is 64.1 Å². The van der Waals surface area contributed by atoms with Gasteiger partial charge in [-0.15, -0.1) is 5.10 Å². The molecule has 2 aromatic rings. The monoisotopic (exact) mass is 383 g/mol. The fourth-order valence-electron chi connectivity index (χ4n) is 5.11. The van der Waals surface area contributed by atoms with Crippen molar-refractivity contribution in [2.45, 2.75) is 71.4 Å². The number of piperazine rings is 1. The van der Waals surface area contributed by atoms with E-state index in [4.69, 9.17) is 0 Å². The third-order valence-corrected chi connectivity index (χ3v) is 6.76. The van der Waals surface area contributed by atoms with E-state index in [9.17, 15) is 0 Å². The Morgan fingerprint density at radius 3 is 2.57 bits per heavy atom. The van der Waals surface area contributed by atoms with Gasteiger partial charge in [0, 0.05) is 12.1 Å². The second kappa shape index (κ2) is 8.60. The van der Waals surface area contributed by atoms with Gasteiger partial charge in [0.2, 0.25) is 5.82 Å². The minimum absolute atomic E-state index is 0.401. The van der Waals surface area contributed by atoms with E-state index in [1.165, 1.54) is 48.9 Å². The Bertz CT molecular complexity index is 771. The molecular formula is C22H35N6+. The van der Waals surface area contributed by atoms with Crippen LogP contribution in [-0.4, -0.2) is 46.4 Å². The summed E-state index contributed by atoms with van der Waals surface area (Å²) in [6, 6.07) is 7.69. The van der Waals surface area contributed by atoms with Crippen molar-refractivity contribution < 1.29 is 4.90 Å². The van der Waals surface area contributed by atoms with E-state index in [1.54, 1.807) is 4.90 Å². The maximum atomic E-state index is 4.51. The number of aryl methyl sites for hydroxylation is 2. The highest BCUT2D eigenvalue weighted by Crippen LogP contribution is 2.29. The molecule has 0 spiro atoms. The molecule has 1 atom stereocenters. The lowest BCUT2D eigenvalue weighted by molar-refractivity contribution is -0.933. The number of nitrogens with zero attached hydrogens (tertiary/aromatic N) is 5. The van der Waals surface area contributed by atoms with Crippen LogP contribution in [0.1, 0.15) is 74.5 Å². The van der Waals surface area contributed by atoms with Gasteiger partial charge < -0.3 is 9.80 Å². The van der Waals surface area contributed by atoms with Gasteiger partial charge in [-0.1, -0.05) is 38.3 Å². The molecule has 152 valence electrons. The first kappa shape index (κ1) is 19.4. The molecule has 4 rings (SSSR count). The number of aromatic nitrogens is 4. The fourth-order valence-corrected chi connectivity index (χ4v) is 5.11. The molecule has 28 heavy (non-hydrogen) atoms. The number of benzene rings is 1. The summed E-state index contributed by atoms with van der Waals surface area (Å²) in [7, 11) is 0. The Morgan fingerprint density at radius 2 is 1.86 bits per heavy atom. The van der Waals surface area contributed by atoms with Crippen molar-refractivity contribution in [1.29, 1.82) is 0 Å². The lowest BCUT2D eigenvalue weighted by Crippen LogP contribution is -3.15. The summed E-state index contributed by atoms with van der Waals surface area (Å²) < 4.78 is 2.18. The highest BCUT2D eigenvalue weighted by atomic mass is 15.6. The van der Waals surface area contributed by atoms with Crippen molar-refractivity contribution in [2.24, 2.45) is 0 Å². The van der Waals surface area contributed by atoms with Crippen LogP contribution in [0.4, 0.5) is 5.69 Å². The molecule has 0 unspecified atom stereocenters. The van der Waals surface area contributed by atoms with Crippen LogP contribution >= 0.6 is 0 Å². The predicted octanol–water partition coefficient (Wildman–Crippen LogP) is 2.65. The predicted molar refractivity (Wildman–Crippen MR) is 112 cm³/mol. The molecule has 1 aliphatic heterocycles. The lowest BCUT2D eigenvalue weighted by atomic mass is 9.95. The Morgan fingerprint density at radius 1 is 1.11 bits per heavy atom. The van der Waals surface area contributed by atoms with Crippen molar-refractivity contribution >= 4 is 5.69 Å². The zero-order valence-electron chi connectivity index (χ0n) is 17.7. The SMILES string of the molecule is CC[C@H](c1nnnn1C1CCCCC1)[NH+]1CCN(c2cc(C)ccc2C)CC1. The van der Waals surface area contributed by atoms with Gasteiger partial charge in [0.05, 0.1) is 32.2 Å². The molecule has 0 bridgehead atoms. The number of anilines is 1. The van der Waals surface area contributed by atoms with Crippen molar-refractivity contribution in [2.75, 3.05) is 31.1 Å². The van der Waals surface area contributed by atoms with Gasteiger partial charge in [-0.25, -0.2) is 4.68 Å². The molecule has 6 nitrogen and oxygen atoms in total. The van der Waals surface area contributed by atoms with Crippen molar-refractivity contribution in [3.05, 3.63) is 35.2 Å². The van der Waals surface area contributed by atoms with Crippen molar-refractivity contribution in [1.82, 2.24) is 20.2 Å².